The molecule has 0 fully saturated rings. The van der Waals surface area contributed by atoms with E-state index >= 15 is 0 Å². The molecule has 0 heterocycles. The molecule has 0 aromatic heterocycles. The number of benzene rings is 1. The van der Waals surface area contributed by atoms with Crippen LogP contribution in [0.15, 0.2) is 60.7 Å². The van der Waals surface area contributed by atoms with Crippen LogP contribution in [0.1, 0.15) is 20.3 Å². The van der Waals surface area contributed by atoms with Gasteiger partial charge in [-0.15, -0.1) is 60.9 Å². The Morgan fingerprint density at radius 2 is 1.74 bits per heavy atom. The molecule has 6 heteroatoms. The van der Waals surface area contributed by atoms with Crippen molar-refractivity contribution in [2.24, 2.45) is 0 Å². The van der Waals surface area contributed by atoms with Crippen LogP contribution >= 0.6 is 33.2 Å². The van der Waals surface area contributed by atoms with E-state index in [4.69, 9.17) is 9.13 Å². The number of fused-ring (bicyclic) bond motifs is 1. The Kier molecular flexibility index (Phi) is 23.3. The van der Waals surface area contributed by atoms with E-state index < -0.39 is 8.34 Å². The summed E-state index contributed by atoms with van der Waals surface area (Å²) in [6.45, 7) is 4.25. The van der Waals surface area contributed by atoms with Crippen LogP contribution in [-0.4, -0.2) is 3.21 Å². The molecule has 0 aliphatic heterocycles. The summed E-state index contributed by atoms with van der Waals surface area (Å²) in [6.07, 6.45) is 10.0. The van der Waals surface area contributed by atoms with Crippen LogP contribution in [0.25, 0.3) is 10.8 Å². The van der Waals surface area contributed by atoms with Gasteiger partial charge in [0.1, 0.15) is 0 Å². The molecule has 0 saturated carbocycles. The van der Waals surface area contributed by atoms with Crippen molar-refractivity contribution in [1.29, 1.82) is 0 Å². The number of hydrogen-bond donors (Lipinski definition) is 0. The fraction of sp³-hybridized carbons (Fsp3) is 0.176. The fourth-order valence-corrected chi connectivity index (χ4v) is 1.41. The van der Waals surface area contributed by atoms with E-state index in [-0.39, 0.29) is 24.8 Å². The molecule has 23 heavy (non-hydrogen) atoms. The molecule has 0 N–H and O–H groups in total. The van der Waals surface area contributed by atoms with Crippen LogP contribution in [0.2, 0.25) is 0 Å². The van der Waals surface area contributed by atoms with Crippen molar-refractivity contribution >= 4 is 47.1 Å². The molecule has 2 aromatic rings. The maximum absolute atomic E-state index is 8.40. The number of rotatable bonds is 0. The van der Waals surface area contributed by atoms with E-state index in [1.54, 1.807) is 24.2 Å². The first-order chi connectivity index (χ1) is 10.1. The van der Waals surface area contributed by atoms with Gasteiger partial charge in [0.05, 0.1) is 0 Å². The molecule has 2 nitrogen and oxygen atoms in total. The van der Waals surface area contributed by atoms with E-state index in [0.29, 0.717) is 0 Å². The molecule has 0 unspecified atom stereocenters. The summed E-state index contributed by atoms with van der Waals surface area (Å²) in [4.78, 5) is 0. The maximum atomic E-state index is 8.40. The Morgan fingerprint density at radius 1 is 1.17 bits per heavy atom. The molecule has 1 aliphatic carbocycles. The van der Waals surface area contributed by atoms with E-state index in [9.17, 15) is 0 Å². The minimum Gasteiger partial charge on any atom is -0.273 e. The first-order valence-electron chi connectivity index (χ1n) is 6.45. The van der Waals surface area contributed by atoms with Gasteiger partial charge in [-0.3, -0.25) is 6.08 Å². The molecule has 0 atom stereocenters. The van der Waals surface area contributed by atoms with Gasteiger partial charge in [-0.2, -0.15) is 23.6 Å². The average Bonchev–Trinajstić information content (AvgIpc) is 3.14. The van der Waals surface area contributed by atoms with E-state index in [1.807, 2.05) is 12.2 Å². The summed E-state index contributed by atoms with van der Waals surface area (Å²) in [7, 11) is -1.42. The van der Waals surface area contributed by atoms with Gasteiger partial charge < -0.3 is 0 Å². The van der Waals surface area contributed by atoms with Gasteiger partial charge in [0.25, 0.3) is 0 Å². The molecule has 1 aliphatic rings. The number of allylic oxidation sites excluding steroid dienone is 4. The van der Waals surface area contributed by atoms with Gasteiger partial charge in [-0.25, -0.2) is 21.3 Å². The third kappa shape index (κ3) is 17.7. The molecule has 0 radical (unpaired) electrons. The minimum atomic E-state index is -1.42. The summed E-state index contributed by atoms with van der Waals surface area (Å²) in [5.41, 5.74) is 0. The van der Waals surface area contributed by atoms with Crippen LogP contribution in [0.3, 0.4) is 0 Å². The SMILES string of the molecule is C[C](C)=[Zr+2].Cl.Cl.O=[PH]=O.[C-]1=CC=CC1.c1ccc2[cH-]ccc2c1. The zero-order valence-corrected chi connectivity index (χ0v) is 18.2. The standard InChI is InChI=1S/C9H7.C5H5.C3H6.2ClH.HO2P.Zr/c1-2-5-9-7-3-6-8(9)4-1;1-2-4-5-3-1;1-3-2;;;1-3-2;/h1-7H;1-3H,4H2;1-2H3;2*1H;3H;/q2*-1;;;;;+2. The predicted octanol–water partition coefficient (Wildman–Crippen LogP) is 5.81. The van der Waals surface area contributed by atoms with Crippen molar-refractivity contribution in [2.75, 3.05) is 0 Å². The Morgan fingerprint density at radius 3 is 2.13 bits per heavy atom. The topological polar surface area (TPSA) is 34.1 Å². The van der Waals surface area contributed by atoms with Crippen molar-refractivity contribution in [3.8, 4) is 0 Å². The third-order valence-electron chi connectivity index (χ3n) is 2.13. The smallest absolute Gasteiger partial charge is 0.273 e. The zero-order chi connectivity index (χ0) is 15.9. The van der Waals surface area contributed by atoms with Gasteiger partial charge >= 0.3 is 49.6 Å². The molecule has 124 valence electrons. The monoisotopic (exact) mass is 448 g/mol. The summed E-state index contributed by atoms with van der Waals surface area (Å²) in [5, 5.41) is 2.66. The second-order valence-corrected chi connectivity index (χ2v) is 6.87. The third-order valence-corrected chi connectivity index (χ3v) is 2.13. The number of hydrogen-bond acceptors (Lipinski definition) is 2. The van der Waals surface area contributed by atoms with Crippen molar-refractivity contribution < 1.29 is 33.4 Å². The van der Waals surface area contributed by atoms with E-state index in [0.717, 1.165) is 6.42 Å². The quantitative estimate of drug-likeness (QED) is 0.375. The van der Waals surface area contributed by atoms with Crippen molar-refractivity contribution in [1.82, 2.24) is 0 Å². The first-order valence-corrected chi connectivity index (χ1v) is 8.49. The first kappa shape index (κ1) is 27.4. The summed E-state index contributed by atoms with van der Waals surface area (Å²) >= 11 is 1.55. The van der Waals surface area contributed by atoms with E-state index in [1.165, 1.54) is 14.0 Å². The summed E-state index contributed by atoms with van der Waals surface area (Å²) < 4.78 is 18.3. The van der Waals surface area contributed by atoms with Crippen molar-refractivity contribution in [3.63, 3.8) is 0 Å². The Balaban J connectivity index is -0.000000250. The molecular weight excluding hydrogens is 429 g/mol. The average molecular weight is 450 g/mol. The van der Waals surface area contributed by atoms with Crippen LogP contribution < -0.4 is 0 Å². The largest absolute Gasteiger partial charge is 0.303 e. The maximum Gasteiger partial charge on any atom is 0.303 e. The van der Waals surface area contributed by atoms with Crippen LogP contribution in [0.4, 0.5) is 0 Å². The Labute approximate surface area is 166 Å². The van der Waals surface area contributed by atoms with Gasteiger partial charge in [0, 0.05) is 0 Å². The van der Waals surface area contributed by atoms with Gasteiger partial charge in [0.15, 0.2) is 0 Å². The Hall–Kier alpha value is -0.457. The Bertz CT molecular complexity index is 586. The normalized spacial score (nSPS) is 9.57. The molecule has 0 amide bonds. The van der Waals surface area contributed by atoms with Crippen LogP contribution in [-0.2, 0) is 33.4 Å². The molecule has 0 bridgehead atoms. The molecule has 0 spiro atoms. The fourth-order valence-electron chi connectivity index (χ4n) is 1.41. The molecular formula is C17H21Cl2O2PZr. The van der Waals surface area contributed by atoms with Crippen molar-refractivity contribution in [2.45, 2.75) is 20.3 Å². The van der Waals surface area contributed by atoms with Crippen LogP contribution in [0, 0.1) is 6.08 Å². The van der Waals surface area contributed by atoms with Crippen LogP contribution in [0.5, 0.6) is 0 Å². The molecule has 0 saturated heterocycles. The minimum absolute atomic E-state index is 0. The predicted molar refractivity (Wildman–Crippen MR) is 102 cm³/mol. The summed E-state index contributed by atoms with van der Waals surface area (Å²) in [5.74, 6) is 0. The number of halogens is 2. The van der Waals surface area contributed by atoms with E-state index in [2.05, 4.69) is 68.5 Å². The van der Waals surface area contributed by atoms with Crippen molar-refractivity contribution in [3.05, 3.63) is 66.8 Å². The molecule has 2 aromatic carbocycles. The second kappa shape index (κ2) is 19.6. The molecule has 3 rings (SSSR count). The second-order valence-electron chi connectivity index (χ2n) is 4.24. The summed E-state index contributed by atoms with van der Waals surface area (Å²) in [6, 6.07) is 14.7. The zero-order valence-electron chi connectivity index (χ0n) is 13.1. The van der Waals surface area contributed by atoms with Gasteiger partial charge in [-0.1, -0.05) is 6.07 Å². The van der Waals surface area contributed by atoms with Gasteiger partial charge in [0.2, 0.25) is 0 Å². The van der Waals surface area contributed by atoms with Gasteiger partial charge in [-0.05, 0) is 0 Å².